The Morgan fingerprint density at radius 1 is 0.545 bits per heavy atom. The van der Waals surface area contributed by atoms with Crippen LogP contribution in [0.2, 0.25) is 0 Å². The molecule has 0 heterocycles. The van der Waals surface area contributed by atoms with Gasteiger partial charge in [0, 0.05) is 0 Å². The van der Waals surface area contributed by atoms with Gasteiger partial charge in [0.15, 0.2) is 0 Å². The largest absolute Gasteiger partial charge is 3.00 e. The van der Waals surface area contributed by atoms with Gasteiger partial charge in [-0.2, -0.15) is 6.92 Å². The topological polar surface area (TPSA) is 0 Å². The second-order valence-corrected chi connectivity index (χ2v) is 0. The van der Waals surface area contributed by atoms with E-state index in [1.807, 2.05) is 0 Å². The molecular formula is C8H23U3. The molecule has 0 atom stereocenters. The SMILES string of the molecule is [CH2-]C.[CH3-].[CH3-].[CH3-].[CH3-].[CH3-].[CH3-].[U+2].[U+2].[U+3]. The van der Waals surface area contributed by atoms with Crippen LogP contribution in [0.25, 0.3) is 0 Å². The summed E-state index contributed by atoms with van der Waals surface area (Å²) in [6.07, 6.45) is 0. The first kappa shape index (κ1) is 142. The molecule has 11 heavy (non-hydrogen) atoms. The zero-order valence-corrected chi connectivity index (χ0v) is 21.7. The van der Waals surface area contributed by atoms with Gasteiger partial charge >= 0.3 is 93.3 Å². The molecule has 0 aliphatic carbocycles. The molecule has 0 amide bonds. The minimum absolute atomic E-state index is 0. The monoisotopic (exact) mass is 833 g/mol. The van der Waals surface area contributed by atoms with E-state index in [2.05, 4.69) is 6.92 Å². The fourth-order valence-electron chi connectivity index (χ4n) is 0. The fourth-order valence-corrected chi connectivity index (χ4v) is 0. The van der Waals surface area contributed by atoms with Crippen LogP contribution in [0, 0.1) is 145 Å². The first-order valence-electron chi connectivity index (χ1n) is 0.707. The quantitative estimate of drug-likeness (QED) is 0.328. The summed E-state index contributed by atoms with van der Waals surface area (Å²) in [7, 11) is 0. The van der Waals surface area contributed by atoms with Crippen molar-refractivity contribution in [2.75, 3.05) is 0 Å². The molecule has 0 saturated heterocycles. The zero-order valence-electron chi connectivity index (χ0n) is 9.21. The Bertz CT molecular complexity index is 9.30. The van der Waals surface area contributed by atoms with Crippen molar-refractivity contribution in [1.82, 2.24) is 0 Å². The molecule has 0 unspecified atom stereocenters. The van der Waals surface area contributed by atoms with Crippen molar-refractivity contribution in [1.29, 1.82) is 0 Å². The summed E-state index contributed by atoms with van der Waals surface area (Å²) in [5.74, 6) is 0. The maximum absolute atomic E-state index is 3.25. The van der Waals surface area contributed by atoms with Gasteiger partial charge in [-0.1, -0.05) is 0 Å². The normalized spacial score (nSPS) is 0.545. The van der Waals surface area contributed by atoms with Crippen LogP contribution in [-0.2, 0) is 0 Å². The number of hydrogen-bond acceptors (Lipinski definition) is 0. The molecule has 0 N–H and O–H groups in total. The van der Waals surface area contributed by atoms with Gasteiger partial charge in [-0.25, -0.2) is 0 Å². The standard InChI is InChI=1S/C2H5.6CH3.3U/c1-2;;;;;;;;;/h1H2,2H3;6*1H3;;;/q7*-1;2*+2;+3. The van der Waals surface area contributed by atoms with E-state index in [4.69, 9.17) is 0 Å². The zero-order chi connectivity index (χ0) is 2.00. The van der Waals surface area contributed by atoms with E-state index in [-0.39, 0.29) is 138 Å². The summed E-state index contributed by atoms with van der Waals surface area (Å²) < 4.78 is 0. The van der Waals surface area contributed by atoms with Crippen LogP contribution in [0.3, 0.4) is 0 Å². The summed E-state index contributed by atoms with van der Waals surface area (Å²) >= 11 is 0. The molecule has 0 bridgehead atoms. The van der Waals surface area contributed by atoms with Gasteiger partial charge in [0.05, 0.1) is 0 Å². The van der Waals surface area contributed by atoms with Gasteiger partial charge in [0.25, 0.3) is 0 Å². The maximum Gasteiger partial charge on any atom is 3.00 e. The Morgan fingerprint density at radius 3 is 0.545 bits per heavy atom. The van der Waals surface area contributed by atoms with E-state index >= 15 is 0 Å². The molecule has 0 aromatic carbocycles. The van der Waals surface area contributed by atoms with Crippen molar-refractivity contribution in [3.05, 3.63) is 51.5 Å². The maximum atomic E-state index is 3.25. The number of rotatable bonds is 0. The minimum atomic E-state index is 0. The predicted octanol–water partition coefficient (Wildman–Crippen LogP) is 3.54. The van der Waals surface area contributed by atoms with Crippen molar-refractivity contribution in [2.45, 2.75) is 6.92 Å². The van der Waals surface area contributed by atoms with E-state index in [9.17, 15) is 0 Å². The van der Waals surface area contributed by atoms with E-state index in [0.29, 0.717) is 0 Å². The summed E-state index contributed by atoms with van der Waals surface area (Å²) in [6, 6.07) is 0. The summed E-state index contributed by atoms with van der Waals surface area (Å²) in [5, 5.41) is 0. The molecular weight excluding hydrogens is 810 g/mol. The molecule has 0 fully saturated rings. The average Bonchev–Trinajstić information content (AvgIpc) is 1.00. The Hall–Kier alpha value is 3.16. The van der Waals surface area contributed by atoms with Crippen LogP contribution in [0.15, 0.2) is 0 Å². The Morgan fingerprint density at radius 2 is 0.545 bits per heavy atom. The van der Waals surface area contributed by atoms with Crippen molar-refractivity contribution in [3.63, 3.8) is 0 Å². The van der Waals surface area contributed by atoms with Crippen molar-refractivity contribution < 1.29 is 93.3 Å². The Kier molecular flexibility index (Phi) is 2520. The van der Waals surface area contributed by atoms with Gasteiger partial charge in [0.2, 0.25) is 0 Å². The summed E-state index contributed by atoms with van der Waals surface area (Å²) in [4.78, 5) is 0. The Balaban J connectivity index is -0.000000000139. The van der Waals surface area contributed by atoms with Crippen LogP contribution >= 0.6 is 0 Å². The predicted molar refractivity (Wildman–Crippen MR) is 49.5 cm³/mol. The molecule has 0 aromatic rings. The van der Waals surface area contributed by atoms with Crippen molar-refractivity contribution in [3.8, 4) is 0 Å². The van der Waals surface area contributed by atoms with E-state index in [0.717, 1.165) is 0 Å². The summed E-state index contributed by atoms with van der Waals surface area (Å²) in [5.41, 5.74) is 0. The molecule has 0 nitrogen and oxygen atoms in total. The fraction of sp³-hybridized carbons (Fsp3) is 0.125. The van der Waals surface area contributed by atoms with Gasteiger partial charge in [0.1, 0.15) is 0 Å². The van der Waals surface area contributed by atoms with Crippen LogP contribution in [0.1, 0.15) is 6.92 Å². The van der Waals surface area contributed by atoms with E-state index in [1.54, 1.807) is 6.92 Å². The molecule has 67 valence electrons. The molecule has 3 heteroatoms. The third kappa shape index (κ3) is 164. The van der Waals surface area contributed by atoms with Gasteiger partial charge in [-0.3, -0.25) is 0 Å². The average molecular weight is 833 g/mol. The molecule has 0 aromatic heterocycles. The smallest absolute Gasteiger partial charge is 0.358 e. The molecule has 0 saturated carbocycles. The second-order valence-electron chi connectivity index (χ2n) is 0. The van der Waals surface area contributed by atoms with Crippen molar-refractivity contribution in [2.24, 2.45) is 0 Å². The van der Waals surface area contributed by atoms with Gasteiger partial charge < -0.3 is 51.5 Å². The van der Waals surface area contributed by atoms with Gasteiger partial charge in [-0.15, -0.1) is 0 Å². The third-order valence-corrected chi connectivity index (χ3v) is 0. The third-order valence-electron chi connectivity index (χ3n) is 0. The van der Waals surface area contributed by atoms with Crippen LogP contribution in [0.5, 0.6) is 0 Å². The van der Waals surface area contributed by atoms with Crippen LogP contribution < -0.4 is 0 Å². The Labute approximate surface area is 149 Å². The first-order chi connectivity index (χ1) is 1.00. The molecule has 0 spiro atoms. The molecule has 1 radical (unpaired) electrons. The molecule has 0 aliphatic heterocycles. The number of hydrogen-bond donors (Lipinski definition) is 0. The van der Waals surface area contributed by atoms with E-state index < -0.39 is 0 Å². The molecule has 0 rings (SSSR count). The summed E-state index contributed by atoms with van der Waals surface area (Å²) in [6.45, 7) is 5.00. The van der Waals surface area contributed by atoms with Gasteiger partial charge in [-0.05, 0) is 0 Å². The minimum Gasteiger partial charge on any atom is -0.358 e. The van der Waals surface area contributed by atoms with Crippen LogP contribution in [0.4, 0.5) is 0 Å². The first-order valence-corrected chi connectivity index (χ1v) is 0.707. The second kappa shape index (κ2) is 195. The van der Waals surface area contributed by atoms with E-state index in [1.165, 1.54) is 0 Å². The molecule has 0 aliphatic rings. The van der Waals surface area contributed by atoms with Crippen LogP contribution in [-0.4, -0.2) is 0 Å². The van der Waals surface area contributed by atoms with Crippen molar-refractivity contribution >= 4 is 0 Å².